The molecule has 1 saturated carbocycles. The van der Waals surface area contributed by atoms with Gasteiger partial charge >= 0.3 is 6.03 Å². The minimum absolute atomic E-state index is 0.0245. The lowest BCUT2D eigenvalue weighted by molar-refractivity contribution is -0.128. The largest absolute Gasteiger partial charge is 0.456 e. The van der Waals surface area contributed by atoms with Crippen molar-refractivity contribution in [1.82, 2.24) is 10.6 Å². The zero-order valence-corrected chi connectivity index (χ0v) is 16.9. The fourth-order valence-corrected chi connectivity index (χ4v) is 5.26. The molecule has 1 unspecified atom stereocenters. The monoisotopic (exact) mass is 417 g/mol. The summed E-state index contributed by atoms with van der Waals surface area (Å²) in [7, 11) is 0. The maximum absolute atomic E-state index is 12.9. The van der Waals surface area contributed by atoms with E-state index in [1.54, 1.807) is 0 Å². The van der Waals surface area contributed by atoms with E-state index in [1.165, 1.54) is 0 Å². The molecule has 1 aliphatic heterocycles. The zero-order chi connectivity index (χ0) is 20.9. The number of nitrogens with zero attached hydrogens (tertiary/aromatic N) is 1. The first-order valence-electron chi connectivity index (χ1n) is 9.96. The van der Waals surface area contributed by atoms with Crippen LogP contribution in [0.15, 0.2) is 46.9 Å². The maximum atomic E-state index is 12.9. The lowest BCUT2D eigenvalue weighted by Crippen LogP contribution is -2.58. The molecule has 2 fully saturated rings. The number of para-hydroxylation sites is 1. The highest BCUT2D eigenvalue weighted by Crippen LogP contribution is 2.45. The van der Waals surface area contributed by atoms with E-state index in [4.69, 9.17) is 21.9 Å². The standard InChI is InChI=1S/C23H19N3O3S/c24-9-8-13-10-15(11-13)23(21(27)25-22(28)26-23)12-14-4-3-7-18-19(14)20(30)16-5-1-2-6-17(16)29-18/h1-7,13,15H,8,10-12H2,(H2,25,26,27,28). The highest BCUT2D eigenvalue weighted by atomic mass is 32.1. The van der Waals surface area contributed by atoms with Gasteiger partial charge in [0.15, 0.2) is 0 Å². The summed E-state index contributed by atoms with van der Waals surface area (Å²) in [6.45, 7) is 0. The van der Waals surface area contributed by atoms with Crippen molar-refractivity contribution in [1.29, 1.82) is 5.26 Å². The molecule has 30 heavy (non-hydrogen) atoms. The Labute approximate surface area is 177 Å². The first-order valence-corrected chi connectivity index (χ1v) is 10.4. The smallest absolute Gasteiger partial charge is 0.322 e. The number of hydrogen-bond donors (Lipinski definition) is 2. The Hall–Kier alpha value is -3.24. The normalized spacial score (nSPS) is 25.6. The van der Waals surface area contributed by atoms with Crippen LogP contribution in [0, 0.1) is 27.7 Å². The van der Waals surface area contributed by atoms with Crippen LogP contribution < -0.4 is 10.6 Å². The van der Waals surface area contributed by atoms with Crippen LogP contribution >= 0.6 is 12.2 Å². The molecule has 1 aliphatic carbocycles. The molecule has 150 valence electrons. The molecule has 2 aromatic carbocycles. The average molecular weight is 417 g/mol. The fourth-order valence-electron chi connectivity index (χ4n) is 4.86. The Kier molecular flexibility index (Phi) is 4.33. The summed E-state index contributed by atoms with van der Waals surface area (Å²) in [6.07, 6.45) is 2.26. The number of hydrogen-bond acceptors (Lipinski definition) is 5. The van der Waals surface area contributed by atoms with Gasteiger partial charge in [0.2, 0.25) is 0 Å². The van der Waals surface area contributed by atoms with Gasteiger partial charge in [0.25, 0.3) is 5.91 Å². The van der Waals surface area contributed by atoms with Gasteiger partial charge in [0.1, 0.15) is 16.7 Å². The van der Waals surface area contributed by atoms with Crippen LogP contribution in [-0.2, 0) is 11.2 Å². The molecule has 5 rings (SSSR count). The molecule has 0 bridgehead atoms. The summed E-state index contributed by atoms with van der Waals surface area (Å²) >= 11 is 5.79. The maximum Gasteiger partial charge on any atom is 0.322 e. The molecule has 3 amide bonds. The molecule has 6 nitrogen and oxygen atoms in total. The quantitative estimate of drug-likeness (QED) is 0.373. The number of carbonyl (C=O) groups is 2. The molecule has 2 heterocycles. The van der Waals surface area contributed by atoms with Gasteiger partial charge in [-0.15, -0.1) is 0 Å². The van der Waals surface area contributed by atoms with E-state index in [0.717, 1.165) is 29.2 Å². The summed E-state index contributed by atoms with van der Waals surface area (Å²) in [5.41, 5.74) is 1.21. The zero-order valence-electron chi connectivity index (χ0n) is 16.1. The van der Waals surface area contributed by atoms with Crippen LogP contribution in [0.4, 0.5) is 4.79 Å². The number of carbonyl (C=O) groups excluding carboxylic acids is 2. The number of nitriles is 1. The summed E-state index contributed by atoms with van der Waals surface area (Å²) in [5.74, 6) is -0.0692. The van der Waals surface area contributed by atoms with Gasteiger partial charge in [-0.25, -0.2) is 4.79 Å². The number of nitrogens with one attached hydrogen (secondary N) is 2. The van der Waals surface area contributed by atoms with Gasteiger partial charge in [-0.05, 0) is 48.4 Å². The number of benzene rings is 2. The summed E-state index contributed by atoms with van der Waals surface area (Å²) in [5, 5.41) is 15.9. The van der Waals surface area contributed by atoms with Gasteiger partial charge in [0.05, 0.1) is 10.6 Å². The second kappa shape index (κ2) is 6.92. The number of imide groups is 1. The topological polar surface area (TPSA) is 95.1 Å². The van der Waals surface area contributed by atoms with Crippen LogP contribution in [-0.4, -0.2) is 17.5 Å². The van der Waals surface area contributed by atoms with Crippen molar-refractivity contribution < 1.29 is 14.0 Å². The van der Waals surface area contributed by atoms with Crippen LogP contribution in [0.1, 0.15) is 24.8 Å². The molecule has 0 radical (unpaired) electrons. The van der Waals surface area contributed by atoms with Crippen LogP contribution in [0.25, 0.3) is 21.9 Å². The van der Waals surface area contributed by atoms with Crippen molar-refractivity contribution in [3.05, 3.63) is 52.5 Å². The second-order valence-corrected chi connectivity index (χ2v) is 8.58. The van der Waals surface area contributed by atoms with Crippen molar-refractivity contribution in [3.8, 4) is 6.07 Å². The van der Waals surface area contributed by atoms with Crippen molar-refractivity contribution >= 4 is 46.1 Å². The summed E-state index contributed by atoms with van der Waals surface area (Å²) in [4.78, 5) is 25.0. The van der Waals surface area contributed by atoms with Gasteiger partial charge in [-0.2, -0.15) is 5.26 Å². The van der Waals surface area contributed by atoms with E-state index in [9.17, 15) is 9.59 Å². The van der Waals surface area contributed by atoms with Crippen molar-refractivity contribution in [2.45, 2.75) is 31.2 Å². The van der Waals surface area contributed by atoms with E-state index < -0.39 is 11.6 Å². The highest BCUT2D eigenvalue weighted by Gasteiger charge is 2.55. The number of urea groups is 1. The molecule has 3 aromatic rings. The fraction of sp³-hybridized carbons (Fsp3) is 0.304. The molecular weight excluding hydrogens is 398 g/mol. The Morgan fingerprint density at radius 1 is 1.13 bits per heavy atom. The Morgan fingerprint density at radius 3 is 2.63 bits per heavy atom. The van der Waals surface area contributed by atoms with Gasteiger partial charge in [0, 0.05) is 23.6 Å². The minimum atomic E-state index is -1.04. The number of fused-ring (bicyclic) bond motifs is 2. The Bertz CT molecular complexity index is 1300. The third-order valence-electron chi connectivity index (χ3n) is 6.44. The van der Waals surface area contributed by atoms with Crippen LogP contribution in [0.2, 0.25) is 0 Å². The van der Waals surface area contributed by atoms with Gasteiger partial charge < -0.3 is 9.73 Å². The lowest BCUT2D eigenvalue weighted by Gasteiger charge is -2.44. The predicted molar refractivity (Wildman–Crippen MR) is 114 cm³/mol. The molecule has 0 spiro atoms. The van der Waals surface area contributed by atoms with Gasteiger partial charge in [-0.1, -0.05) is 36.5 Å². The Balaban J connectivity index is 1.62. The molecule has 1 saturated heterocycles. The third kappa shape index (κ3) is 2.79. The van der Waals surface area contributed by atoms with E-state index in [2.05, 4.69) is 16.7 Å². The molecule has 2 aliphatic rings. The van der Waals surface area contributed by atoms with Crippen LogP contribution in [0.5, 0.6) is 0 Å². The number of rotatable bonds is 4. The van der Waals surface area contributed by atoms with Crippen molar-refractivity contribution in [2.24, 2.45) is 11.8 Å². The van der Waals surface area contributed by atoms with Crippen molar-refractivity contribution in [3.63, 3.8) is 0 Å². The van der Waals surface area contributed by atoms with E-state index >= 15 is 0 Å². The SMILES string of the molecule is N#CCC1CC(C2(Cc3cccc4oc5ccccc5c(=S)c34)NC(=O)NC2=O)C1. The van der Waals surface area contributed by atoms with E-state index in [-0.39, 0.29) is 17.7 Å². The van der Waals surface area contributed by atoms with Crippen molar-refractivity contribution in [2.75, 3.05) is 0 Å². The van der Waals surface area contributed by atoms with Crippen LogP contribution in [0.3, 0.4) is 0 Å². The highest BCUT2D eigenvalue weighted by molar-refractivity contribution is 7.72. The summed E-state index contributed by atoms with van der Waals surface area (Å²) in [6, 6.07) is 15.0. The Morgan fingerprint density at radius 2 is 1.90 bits per heavy atom. The lowest BCUT2D eigenvalue weighted by atomic mass is 9.62. The molecule has 1 atom stereocenters. The van der Waals surface area contributed by atoms with E-state index in [1.807, 2.05) is 42.5 Å². The van der Waals surface area contributed by atoms with Gasteiger partial charge in [-0.3, -0.25) is 10.1 Å². The predicted octanol–water partition coefficient (Wildman–Crippen LogP) is 4.38. The first kappa shape index (κ1) is 18.8. The second-order valence-electron chi connectivity index (χ2n) is 8.17. The molecule has 2 N–H and O–H groups in total. The summed E-state index contributed by atoms with van der Waals surface area (Å²) < 4.78 is 6.75. The number of amides is 3. The molecular formula is C23H19N3O3S. The minimum Gasteiger partial charge on any atom is -0.456 e. The third-order valence-corrected chi connectivity index (χ3v) is 6.87. The van der Waals surface area contributed by atoms with E-state index in [0.29, 0.717) is 28.5 Å². The molecule has 1 aromatic heterocycles. The molecule has 7 heteroatoms. The first-order chi connectivity index (χ1) is 14.5. The average Bonchev–Trinajstić information content (AvgIpc) is 2.98.